The minimum atomic E-state index is -3.68. The van der Waals surface area contributed by atoms with Crippen LogP contribution in [0, 0.1) is 0 Å². The van der Waals surface area contributed by atoms with Gasteiger partial charge in [0.25, 0.3) is 5.91 Å². The summed E-state index contributed by atoms with van der Waals surface area (Å²) in [5.74, 6) is -0.797. The summed E-state index contributed by atoms with van der Waals surface area (Å²) >= 11 is 0. The molecule has 8 heteroatoms. The maximum absolute atomic E-state index is 12.7. The predicted molar refractivity (Wildman–Crippen MR) is 111 cm³/mol. The van der Waals surface area contributed by atoms with Gasteiger partial charge in [-0.1, -0.05) is 18.2 Å². The van der Waals surface area contributed by atoms with Crippen molar-refractivity contribution in [1.29, 1.82) is 0 Å². The Labute approximate surface area is 176 Å². The Hall–Kier alpha value is -3.00. The number of sulfone groups is 1. The molecule has 0 unspecified atom stereocenters. The van der Waals surface area contributed by atoms with Crippen LogP contribution in [-0.4, -0.2) is 50.5 Å². The molecule has 1 atom stereocenters. The van der Waals surface area contributed by atoms with Crippen LogP contribution in [0.1, 0.15) is 36.0 Å². The fourth-order valence-corrected chi connectivity index (χ4v) is 4.70. The molecular formula is C22H24N2O5S. The molecule has 3 rings (SSSR count). The summed E-state index contributed by atoms with van der Waals surface area (Å²) in [6, 6.07) is 12.6. The summed E-state index contributed by atoms with van der Waals surface area (Å²) in [5.41, 5.74) is 0.212. The molecule has 2 aromatic carbocycles. The van der Waals surface area contributed by atoms with Gasteiger partial charge in [-0.25, -0.2) is 8.42 Å². The zero-order chi connectivity index (χ0) is 21.6. The number of amides is 2. The molecule has 2 aromatic rings. The Morgan fingerprint density at radius 1 is 0.933 bits per heavy atom. The van der Waals surface area contributed by atoms with Gasteiger partial charge in [0.15, 0.2) is 0 Å². The van der Waals surface area contributed by atoms with E-state index < -0.39 is 21.8 Å². The summed E-state index contributed by atoms with van der Waals surface area (Å²) in [4.78, 5) is 38.2. The molecule has 7 nitrogen and oxygen atoms in total. The normalized spacial score (nSPS) is 15.3. The number of piperidine rings is 1. The van der Waals surface area contributed by atoms with Crippen LogP contribution >= 0.6 is 0 Å². The topological polar surface area (TPSA) is 101 Å². The van der Waals surface area contributed by atoms with E-state index in [1.807, 2.05) is 0 Å². The molecule has 1 saturated heterocycles. The van der Waals surface area contributed by atoms with Crippen molar-refractivity contribution in [2.24, 2.45) is 0 Å². The minimum Gasteiger partial charge on any atom is -0.341 e. The highest BCUT2D eigenvalue weighted by molar-refractivity contribution is 7.91. The highest BCUT2D eigenvalue weighted by Gasteiger charge is 2.27. The van der Waals surface area contributed by atoms with Crippen molar-refractivity contribution >= 4 is 27.9 Å². The predicted octanol–water partition coefficient (Wildman–Crippen LogP) is 2.22. The Morgan fingerprint density at radius 3 is 2.13 bits per heavy atom. The molecule has 30 heavy (non-hydrogen) atoms. The lowest BCUT2D eigenvalue weighted by molar-refractivity contribution is -0.135. The van der Waals surface area contributed by atoms with Gasteiger partial charge in [-0.15, -0.1) is 0 Å². The van der Waals surface area contributed by atoms with Crippen molar-refractivity contribution in [3.63, 3.8) is 0 Å². The lowest BCUT2D eigenvalue weighted by atomic mass is 10.1. The van der Waals surface area contributed by atoms with Crippen molar-refractivity contribution < 1.29 is 22.8 Å². The van der Waals surface area contributed by atoms with E-state index in [-0.39, 0.29) is 27.7 Å². The second kappa shape index (κ2) is 9.67. The van der Waals surface area contributed by atoms with Gasteiger partial charge in [-0.3, -0.25) is 9.59 Å². The van der Waals surface area contributed by atoms with Crippen molar-refractivity contribution in [2.75, 3.05) is 13.1 Å². The number of hydrogen-bond donors (Lipinski definition) is 1. The number of carbonyl (C=O) groups is 3. The van der Waals surface area contributed by atoms with E-state index in [4.69, 9.17) is 0 Å². The number of benzene rings is 2. The molecule has 1 heterocycles. The smallest absolute Gasteiger partial charge is 0.251 e. The number of nitrogens with zero attached hydrogens (tertiary/aromatic N) is 1. The summed E-state index contributed by atoms with van der Waals surface area (Å²) in [7, 11) is -3.68. The summed E-state index contributed by atoms with van der Waals surface area (Å²) < 4.78 is 25.3. The fraction of sp³-hybridized carbons (Fsp3) is 0.318. The minimum absolute atomic E-state index is 0.0686. The van der Waals surface area contributed by atoms with Crippen molar-refractivity contribution in [3.05, 3.63) is 60.2 Å². The van der Waals surface area contributed by atoms with Gasteiger partial charge >= 0.3 is 0 Å². The van der Waals surface area contributed by atoms with Gasteiger partial charge in [0.1, 0.15) is 12.3 Å². The molecule has 158 valence electrons. The van der Waals surface area contributed by atoms with Crippen LogP contribution in [0.2, 0.25) is 0 Å². The molecule has 0 saturated carbocycles. The summed E-state index contributed by atoms with van der Waals surface area (Å²) in [6.45, 7) is 1.24. The van der Waals surface area contributed by atoms with Gasteiger partial charge in [0.2, 0.25) is 15.7 Å². The Kier molecular flexibility index (Phi) is 6.99. The first-order valence-electron chi connectivity index (χ1n) is 9.87. The van der Waals surface area contributed by atoms with Crippen LogP contribution in [-0.2, 0) is 19.4 Å². The molecule has 0 radical (unpaired) electrons. The van der Waals surface area contributed by atoms with E-state index >= 15 is 0 Å². The van der Waals surface area contributed by atoms with E-state index in [1.165, 1.54) is 36.4 Å². The van der Waals surface area contributed by atoms with Crippen LogP contribution in [0.15, 0.2) is 64.4 Å². The maximum atomic E-state index is 12.7. The first kappa shape index (κ1) is 21.7. The average Bonchev–Trinajstić information content (AvgIpc) is 2.79. The number of rotatable bonds is 7. The van der Waals surface area contributed by atoms with Crippen molar-refractivity contribution in [1.82, 2.24) is 10.2 Å². The van der Waals surface area contributed by atoms with E-state index in [9.17, 15) is 22.8 Å². The van der Waals surface area contributed by atoms with Gasteiger partial charge in [0.05, 0.1) is 9.79 Å². The zero-order valence-electron chi connectivity index (χ0n) is 16.5. The standard InChI is InChI=1S/C22H24N2O5S/c25-16-13-20(22(27)24-14-5-2-6-15-24)23-21(26)17-9-11-19(12-10-17)30(28,29)18-7-3-1-4-8-18/h1,3-4,7-12,16,20H,2,5-6,13-15H2,(H,23,26)/t20-/m0/s1. The number of likely N-dealkylation sites (tertiary alicyclic amines) is 1. The van der Waals surface area contributed by atoms with Gasteiger partial charge in [-0.05, 0) is 55.7 Å². The number of hydrogen-bond acceptors (Lipinski definition) is 5. The molecule has 0 spiro atoms. The molecule has 0 bridgehead atoms. The average molecular weight is 429 g/mol. The molecule has 0 aliphatic carbocycles. The lowest BCUT2D eigenvalue weighted by Crippen LogP contribution is -2.50. The highest BCUT2D eigenvalue weighted by Crippen LogP contribution is 2.21. The van der Waals surface area contributed by atoms with E-state index in [2.05, 4.69) is 5.32 Å². The monoisotopic (exact) mass is 428 g/mol. The third-order valence-corrected chi connectivity index (χ3v) is 6.87. The van der Waals surface area contributed by atoms with Crippen LogP contribution in [0.25, 0.3) is 0 Å². The summed E-state index contributed by atoms with van der Waals surface area (Å²) in [5, 5.41) is 2.61. The molecular weight excluding hydrogens is 404 g/mol. The van der Waals surface area contributed by atoms with Crippen LogP contribution in [0.3, 0.4) is 0 Å². The van der Waals surface area contributed by atoms with Gasteiger partial charge < -0.3 is 15.0 Å². The van der Waals surface area contributed by atoms with Crippen LogP contribution in [0.4, 0.5) is 0 Å². The molecule has 0 aromatic heterocycles. The Morgan fingerprint density at radius 2 is 1.53 bits per heavy atom. The Bertz CT molecular complexity index is 998. The van der Waals surface area contributed by atoms with Gasteiger partial charge in [-0.2, -0.15) is 0 Å². The fourth-order valence-electron chi connectivity index (χ4n) is 3.42. The van der Waals surface area contributed by atoms with Crippen LogP contribution in [0.5, 0.6) is 0 Å². The molecule has 1 aliphatic heterocycles. The molecule has 1 fully saturated rings. The first-order valence-corrected chi connectivity index (χ1v) is 11.4. The second-order valence-corrected chi connectivity index (χ2v) is 9.10. The van der Waals surface area contributed by atoms with Crippen molar-refractivity contribution in [2.45, 2.75) is 41.5 Å². The summed E-state index contributed by atoms with van der Waals surface area (Å²) in [6.07, 6.45) is 3.38. The number of nitrogens with one attached hydrogen (secondary N) is 1. The van der Waals surface area contributed by atoms with E-state index in [0.29, 0.717) is 19.4 Å². The zero-order valence-corrected chi connectivity index (χ0v) is 17.3. The van der Waals surface area contributed by atoms with Crippen molar-refractivity contribution in [3.8, 4) is 0 Å². The maximum Gasteiger partial charge on any atom is 0.251 e. The van der Waals surface area contributed by atoms with Gasteiger partial charge in [0, 0.05) is 25.1 Å². The molecule has 2 amide bonds. The van der Waals surface area contributed by atoms with E-state index in [0.717, 1.165) is 19.3 Å². The van der Waals surface area contributed by atoms with E-state index in [1.54, 1.807) is 23.1 Å². The third kappa shape index (κ3) is 4.94. The Balaban J connectivity index is 1.72. The number of aldehydes is 1. The quantitative estimate of drug-likeness (QED) is 0.682. The SMILES string of the molecule is O=CC[C@H](NC(=O)c1ccc(S(=O)(=O)c2ccccc2)cc1)C(=O)N1CCCCC1. The lowest BCUT2D eigenvalue weighted by Gasteiger charge is -2.30. The molecule has 1 aliphatic rings. The number of carbonyl (C=O) groups excluding carboxylic acids is 3. The third-order valence-electron chi connectivity index (χ3n) is 5.08. The first-order chi connectivity index (χ1) is 14.4. The highest BCUT2D eigenvalue weighted by atomic mass is 32.2. The largest absolute Gasteiger partial charge is 0.341 e. The van der Waals surface area contributed by atoms with Crippen LogP contribution < -0.4 is 5.32 Å². The second-order valence-electron chi connectivity index (χ2n) is 7.16. The molecule has 1 N–H and O–H groups in total.